The van der Waals surface area contributed by atoms with Gasteiger partial charge in [0, 0.05) is 25.4 Å². The van der Waals surface area contributed by atoms with Gasteiger partial charge in [0.2, 0.25) is 5.91 Å². The van der Waals surface area contributed by atoms with Crippen molar-refractivity contribution >= 4 is 5.91 Å². The predicted molar refractivity (Wildman–Crippen MR) is 99.9 cm³/mol. The quantitative estimate of drug-likeness (QED) is 0.866. The first-order chi connectivity index (χ1) is 12.5. The lowest BCUT2D eigenvalue weighted by Gasteiger charge is -2.37. The van der Waals surface area contributed by atoms with Gasteiger partial charge in [-0.3, -0.25) is 9.78 Å². The number of aliphatic hydroxyl groups is 1. The average molecular weight is 354 g/mol. The smallest absolute Gasteiger partial charge is 0.223 e. The molecule has 1 fully saturated rings. The van der Waals surface area contributed by atoms with Gasteiger partial charge in [-0.05, 0) is 61.6 Å². The van der Waals surface area contributed by atoms with E-state index in [0.29, 0.717) is 19.4 Å². The van der Waals surface area contributed by atoms with Crippen LogP contribution in [-0.4, -0.2) is 40.6 Å². The van der Waals surface area contributed by atoms with E-state index in [1.54, 1.807) is 26.4 Å². The number of carbonyl (C=O) groups excluding carboxylic acids is 1. The highest BCUT2D eigenvalue weighted by molar-refractivity contribution is 5.77. The Morgan fingerprint density at radius 3 is 2.62 bits per heavy atom. The number of likely N-dealkylation sites (tertiary alicyclic amines) is 1. The van der Waals surface area contributed by atoms with E-state index in [-0.39, 0.29) is 11.9 Å². The minimum atomic E-state index is -1.09. The van der Waals surface area contributed by atoms with Crippen molar-refractivity contribution in [2.45, 2.75) is 44.2 Å². The Bertz CT molecular complexity index is 729. The molecule has 1 N–H and O–H groups in total. The summed E-state index contributed by atoms with van der Waals surface area (Å²) in [5.41, 5.74) is 0.817. The number of amides is 1. The number of benzene rings is 1. The lowest BCUT2D eigenvalue weighted by Crippen LogP contribution is -2.48. The van der Waals surface area contributed by atoms with Crippen LogP contribution >= 0.6 is 0 Å². The fraction of sp³-hybridized carbons (Fsp3) is 0.429. The molecule has 0 spiro atoms. The molecule has 1 aliphatic heterocycles. The van der Waals surface area contributed by atoms with Gasteiger partial charge in [-0.2, -0.15) is 0 Å². The summed E-state index contributed by atoms with van der Waals surface area (Å²) in [6.07, 6.45) is 6.34. The average Bonchev–Trinajstić information content (AvgIpc) is 3.18. The van der Waals surface area contributed by atoms with E-state index in [1.807, 2.05) is 41.3 Å². The fourth-order valence-electron chi connectivity index (χ4n) is 3.71. The number of aromatic nitrogens is 1. The number of pyridine rings is 1. The molecule has 2 aromatic rings. The van der Waals surface area contributed by atoms with Gasteiger partial charge in [-0.25, -0.2) is 0 Å². The van der Waals surface area contributed by atoms with Gasteiger partial charge < -0.3 is 14.7 Å². The van der Waals surface area contributed by atoms with Gasteiger partial charge in [0.05, 0.1) is 13.2 Å². The minimum Gasteiger partial charge on any atom is -0.497 e. The fourth-order valence-corrected chi connectivity index (χ4v) is 3.71. The van der Waals surface area contributed by atoms with Crippen molar-refractivity contribution in [1.82, 2.24) is 9.88 Å². The Hall–Kier alpha value is -2.40. The standard InChI is InChI=1S/C21H26N2O3/c1-21(25,17-6-8-18(26-2)9-7-17)19-4-3-15-23(19)20(24)10-5-16-11-13-22-14-12-16/h6-9,11-14,19,25H,3-5,10,15H2,1-2H3/t19-,21-/m0/s1. The summed E-state index contributed by atoms with van der Waals surface area (Å²) >= 11 is 0. The number of hydrogen-bond acceptors (Lipinski definition) is 4. The van der Waals surface area contributed by atoms with Gasteiger partial charge in [0.1, 0.15) is 11.4 Å². The molecule has 0 bridgehead atoms. The topological polar surface area (TPSA) is 62.7 Å². The summed E-state index contributed by atoms with van der Waals surface area (Å²) in [5, 5.41) is 11.2. The second-order valence-electron chi connectivity index (χ2n) is 6.98. The van der Waals surface area contributed by atoms with Gasteiger partial charge in [0.25, 0.3) is 0 Å². The van der Waals surface area contributed by atoms with E-state index in [9.17, 15) is 9.90 Å². The normalized spacial score (nSPS) is 19.2. The van der Waals surface area contributed by atoms with E-state index in [0.717, 1.165) is 29.7 Å². The number of methoxy groups -OCH3 is 1. The first-order valence-corrected chi connectivity index (χ1v) is 9.07. The highest BCUT2D eigenvalue weighted by atomic mass is 16.5. The van der Waals surface area contributed by atoms with Crippen LogP contribution in [0.25, 0.3) is 0 Å². The second-order valence-corrected chi connectivity index (χ2v) is 6.98. The molecule has 3 rings (SSSR count). The molecule has 0 unspecified atom stereocenters. The third-order valence-corrected chi connectivity index (χ3v) is 5.27. The number of nitrogens with zero attached hydrogens (tertiary/aromatic N) is 2. The summed E-state index contributed by atoms with van der Waals surface area (Å²) in [4.78, 5) is 18.6. The van der Waals surface area contributed by atoms with Crippen molar-refractivity contribution in [2.75, 3.05) is 13.7 Å². The first-order valence-electron chi connectivity index (χ1n) is 9.07. The van der Waals surface area contributed by atoms with Gasteiger partial charge >= 0.3 is 0 Å². The summed E-state index contributed by atoms with van der Waals surface area (Å²) < 4.78 is 5.19. The number of ether oxygens (including phenoxy) is 1. The van der Waals surface area contributed by atoms with Crippen LogP contribution in [0, 0.1) is 0 Å². The van der Waals surface area contributed by atoms with E-state index in [1.165, 1.54) is 0 Å². The van der Waals surface area contributed by atoms with Gasteiger partial charge in [-0.15, -0.1) is 0 Å². The molecule has 0 radical (unpaired) electrons. The van der Waals surface area contributed by atoms with Crippen LogP contribution in [0.5, 0.6) is 5.75 Å². The molecule has 1 aromatic heterocycles. The van der Waals surface area contributed by atoms with Crippen molar-refractivity contribution in [1.29, 1.82) is 0 Å². The van der Waals surface area contributed by atoms with Crippen LogP contribution in [0.3, 0.4) is 0 Å². The van der Waals surface area contributed by atoms with Crippen molar-refractivity contribution in [3.8, 4) is 5.75 Å². The third-order valence-electron chi connectivity index (χ3n) is 5.27. The molecule has 5 heteroatoms. The number of carbonyl (C=O) groups is 1. The van der Waals surface area contributed by atoms with Gasteiger partial charge in [-0.1, -0.05) is 12.1 Å². The molecular formula is C21H26N2O3. The Morgan fingerprint density at radius 2 is 1.96 bits per heavy atom. The monoisotopic (exact) mass is 354 g/mol. The Labute approximate surface area is 154 Å². The third kappa shape index (κ3) is 3.88. The van der Waals surface area contributed by atoms with E-state index >= 15 is 0 Å². The molecule has 0 saturated carbocycles. The van der Waals surface area contributed by atoms with Crippen LogP contribution in [0.15, 0.2) is 48.8 Å². The Morgan fingerprint density at radius 1 is 1.27 bits per heavy atom. The maximum atomic E-state index is 12.8. The Kier molecular flexibility index (Phi) is 5.57. The zero-order chi connectivity index (χ0) is 18.6. The maximum Gasteiger partial charge on any atom is 0.223 e. The number of aryl methyl sites for hydroxylation is 1. The first kappa shape index (κ1) is 18.4. The van der Waals surface area contributed by atoms with Crippen molar-refractivity contribution in [3.05, 3.63) is 59.9 Å². The highest BCUT2D eigenvalue weighted by Gasteiger charge is 2.42. The van der Waals surface area contributed by atoms with Crippen LogP contribution in [0.1, 0.15) is 37.3 Å². The lowest BCUT2D eigenvalue weighted by atomic mass is 9.86. The second kappa shape index (κ2) is 7.87. The van der Waals surface area contributed by atoms with Crippen LogP contribution < -0.4 is 4.74 Å². The molecule has 2 atom stereocenters. The molecule has 0 aliphatic carbocycles. The largest absolute Gasteiger partial charge is 0.497 e. The summed E-state index contributed by atoms with van der Waals surface area (Å²) in [6.45, 7) is 2.50. The molecule has 5 nitrogen and oxygen atoms in total. The van der Waals surface area contributed by atoms with Crippen LogP contribution in [0.2, 0.25) is 0 Å². The van der Waals surface area contributed by atoms with Crippen molar-refractivity contribution in [2.24, 2.45) is 0 Å². The van der Waals surface area contributed by atoms with E-state index in [4.69, 9.17) is 4.74 Å². The summed E-state index contributed by atoms with van der Waals surface area (Å²) in [5.74, 6) is 0.847. The number of rotatable bonds is 6. The molecule has 1 amide bonds. The van der Waals surface area contributed by atoms with Crippen molar-refractivity contribution < 1.29 is 14.6 Å². The minimum absolute atomic E-state index is 0.0955. The zero-order valence-corrected chi connectivity index (χ0v) is 15.4. The number of hydrogen-bond donors (Lipinski definition) is 1. The molecular weight excluding hydrogens is 328 g/mol. The Balaban J connectivity index is 1.70. The summed E-state index contributed by atoms with van der Waals surface area (Å²) in [6, 6.07) is 11.1. The van der Waals surface area contributed by atoms with Gasteiger partial charge in [0.15, 0.2) is 0 Å². The molecule has 138 valence electrons. The molecule has 1 aliphatic rings. The zero-order valence-electron chi connectivity index (χ0n) is 15.4. The SMILES string of the molecule is COc1ccc([C@](C)(O)[C@@H]2CCCN2C(=O)CCc2ccncc2)cc1. The maximum absolute atomic E-state index is 12.8. The highest BCUT2D eigenvalue weighted by Crippen LogP contribution is 2.35. The molecule has 1 saturated heterocycles. The van der Waals surface area contributed by atoms with Crippen LogP contribution in [0.4, 0.5) is 0 Å². The predicted octanol–water partition coefficient (Wildman–Crippen LogP) is 2.92. The van der Waals surface area contributed by atoms with E-state index in [2.05, 4.69) is 4.98 Å². The van der Waals surface area contributed by atoms with Crippen LogP contribution in [-0.2, 0) is 16.8 Å². The molecule has 26 heavy (non-hydrogen) atoms. The lowest BCUT2D eigenvalue weighted by molar-refractivity contribution is -0.137. The molecule has 2 heterocycles. The van der Waals surface area contributed by atoms with Crippen molar-refractivity contribution in [3.63, 3.8) is 0 Å². The summed E-state index contributed by atoms with van der Waals surface area (Å²) in [7, 11) is 1.62. The molecule has 1 aromatic carbocycles. The van der Waals surface area contributed by atoms with E-state index < -0.39 is 5.60 Å².